The first-order valence-electron chi connectivity index (χ1n) is 7.12. The fourth-order valence-corrected chi connectivity index (χ4v) is 4.69. The standard InChI is InChI=1S/C13H14N6O3P/c1-13(4-14)7-3-23(20)21-2-8(7)22-12(13)19-6-18-9-10(15)16-5-17-11(9)19/h5-8,12H,2-3H2,1H3,(H2,15,16,17)/q+1/t7-,8-,12-,13-/m1/s1. The third-order valence-corrected chi connectivity index (χ3v) is 5.77. The zero-order valence-electron chi connectivity index (χ0n) is 12.3. The van der Waals surface area contributed by atoms with E-state index in [0.717, 1.165) is 0 Å². The lowest BCUT2D eigenvalue weighted by Crippen LogP contribution is -2.36. The van der Waals surface area contributed by atoms with Crippen molar-refractivity contribution in [2.75, 3.05) is 18.5 Å². The lowest BCUT2D eigenvalue weighted by molar-refractivity contribution is -0.0376. The number of anilines is 1. The lowest BCUT2D eigenvalue weighted by Gasteiger charge is -2.27. The molecule has 10 heteroatoms. The fraction of sp³-hybridized carbons (Fsp3) is 0.538. The molecule has 0 aromatic carbocycles. The van der Waals surface area contributed by atoms with E-state index < -0.39 is 19.7 Å². The van der Waals surface area contributed by atoms with Gasteiger partial charge in [-0.25, -0.2) is 15.0 Å². The monoisotopic (exact) mass is 333 g/mol. The van der Waals surface area contributed by atoms with Crippen molar-refractivity contribution >= 4 is 25.0 Å². The molecule has 23 heavy (non-hydrogen) atoms. The quantitative estimate of drug-likeness (QED) is 0.771. The number of rotatable bonds is 1. The van der Waals surface area contributed by atoms with Gasteiger partial charge in [-0.05, 0) is 11.5 Å². The number of nitriles is 1. The molecule has 118 valence electrons. The summed E-state index contributed by atoms with van der Waals surface area (Å²) in [5, 5.41) is 9.79. The van der Waals surface area contributed by atoms with Crippen LogP contribution in [0.1, 0.15) is 13.2 Å². The van der Waals surface area contributed by atoms with Crippen LogP contribution >= 0.6 is 8.03 Å². The minimum absolute atomic E-state index is 0.175. The molecule has 4 rings (SSSR count). The van der Waals surface area contributed by atoms with Crippen LogP contribution in [0.3, 0.4) is 0 Å². The van der Waals surface area contributed by atoms with Crippen molar-refractivity contribution in [2.24, 2.45) is 11.3 Å². The topological polar surface area (TPSA) is 129 Å². The van der Waals surface area contributed by atoms with Crippen molar-refractivity contribution in [3.05, 3.63) is 12.7 Å². The fourth-order valence-electron chi connectivity index (χ4n) is 3.34. The van der Waals surface area contributed by atoms with Gasteiger partial charge in [-0.1, -0.05) is 0 Å². The maximum absolute atomic E-state index is 11.8. The predicted octanol–water partition coefficient (Wildman–Crippen LogP) is 1.22. The second-order valence-corrected chi connectivity index (χ2v) is 7.21. The highest BCUT2D eigenvalue weighted by molar-refractivity contribution is 7.39. The summed E-state index contributed by atoms with van der Waals surface area (Å²) < 4.78 is 24.7. The van der Waals surface area contributed by atoms with E-state index in [-0.39, 0.29) is 24.4 Å². The maximum atomic E-state index is 11.8. The molecule has 5 atom stereocenters. The van der Waals surface area contributed by atoms with Crippen LogP contribution in [0.15, 0.2) is 12.7 Å². The van der Waals surface area contributed by atoms with E-state index in [1.54, 1.807) is 10.9 Å². The van der Waals surface area contributed by atoms with Gasteiger partial charge in [0.1, 0.15) is 23.9 Å². The molecule has 2 aromatic rings. The molecule has 2 fully saturated rings. The molecule has 0 amide bonds. The zero-order chi connectivity index (χ0) is 16.2. The number of nitrogens with two attached hydrogens (primary N) is 1. The summed E-state index contributed by atoms with van der Waals surface area (Å²) in [7, 11) is -1.76. The normalized spacial score (nSPS) is 35.1. The Morgan fingerprint density at radius 1 is 1.52 bits per heavy atom. The molecule has 0 saturated carbocycles. The van der Waals surface area contributed by atoms with E-state index in [1.165, 1.54) is 6.33 Å². The number of nitrogens with zero attached hydrogens (tertiary/aromatic N) is 5. The van der Waals surface area contributed by atoms with Crippen molar-refractivity contribution < 1.29 is 13.8 Å². The van der Waals surface area contributed by atoms with Crippen molar-refractivity contribution in [2.45, 2.75) is 19.3 Å². The molecule has 2 aromatic heterocycles. The Kier molecular flexibility index (Phi) is 3.10. The summed E-state index contributed by atoms with van der Waals surface area (Å²) in [6, 6.07) is 2.35. The number of hydrogen-bond donors (Lipinski definition) is 1. The van der Waals surface area contributed by atoms with Crippen molar-refractivity contribution in [3.63, 3.8) is 0 Å². The summed E-state index contributed by atoms with van der Waals surface area (Å²) in [4.78, 5) is 12.4. The largest absolute Gasteiger partial charge is 0.508 e. The van der Waals surface area contributed by atoms with Gasteiger partial charge in [0.2, 0.25) is 0 Å². The van der Waals surface area contributed by atoms with E-state index >= 15 is 0 Å². The molecular formula is C13H14N6O3P+. The van der Waals surface area contributed by atoms with Crippen LogP contribution in [0, 0.1) is 22.7 Å². The number of ether oxygens (including phenoxy) is 1. The Morgan fingerprint density at radius 3 is 3.13 bits per heavy atom. The second-order valence-electron chi connectivity index (χ2n) is 5.92. The molecule has 0 aliphatic carbocycles. The Balaban J connectivity index is 1.83. The van der Waals surface area contributed by atoms with E-state index in [4.69, 9.17) is 15.0 Å². The average Bonchev–Trinajstić information content (AvgIpc) is 3.09. The molecule has 0 spiro atoms. The molecule has 2 saturated heterocycles. The summed E-state index contributed by atoms with van der Waals surface area (Å²) in [6.07, 6.45) is 2.32. The van der Waals surface area contributed by atoms with Gasteiger partial charge in [0, 0.05) is 0 Å². The first-order chi connectivity index (χ1) is 11.0. The van der Waals surface area contributed by atoms with Crippen molar-refractivity contribution in [3.8, 4) is 6.07 Å². The van der Waals surface area contributed by atoms with Crippen LogP contribution in [0.2, 0.25) is 0 Å². The molecule has 0 radical (unpaired) electrons. The number of nitrogen functional groups attached to an aromatic ring is 1. The molecule has 2 aliphatic rings. The Morgan fingerprint density at radius 2 is 2.35 bits per heavy atom. The zero-order valence-corrected chi connectivity index (χ0v) is 13.2. The molecule has 2 N–H and O–H groups in total. The van der Waals surface area contributed by atoms with E-state index in [1.807, 2.05) is 6.92 Å². The van der Waals surface area contributed by atoms with Gasteiger partial charge >= 0.3 is 8.03 Å². The van der Waals surface area contributed by atoms with Crippen LogP contribution in [-0.2, 0) is 13.8 Å². The third kappa shape index (κ3) is 1.96. The first-order valence-corrected chi connectivity index (χ1v) is 8.48. The van der Waals surface area contributed by atoms with Gasteiger partial charge in [0.05, 0.1) is 24.4 Å². The summed E-state index contributed by atoms with van der Waals surface area (Å²) in [5.74, 6) is 0.0979. The Hall–Kier alpha value is -2.14. The molecule has 4 heterocycles. The van der Waals surface area contributed by atoms with Crippen LogP contribution in [0.5, 0.6) is 0 Å². The van der Waals surface area contributed by atoms with Crippen molar-refractivity contribution in [1.82, 2.24) is 19.5 Å². The lowest BCUT2D eigenvalue weighted by atomic mass is 9.77. The third-order valence-electron chi connectivity index (χ3n) is 4.64. The minimum atomic E-state index is -1.76. The van der Waals surface area contributed by atoms with Gasteiger partial charge in [0.25, 0.3) is 0 Å². The number of fused-ring (bicyclic) bond motifs is 2. The number of imidazole rings is 1. The highest BCUT2D eigenvalue weighted by Gasteiger charge is 2.60. The van der Waals surface area contributed by atoms with E-state index in [2.05, 4.69) is 21.0 Å². The molecule has 1 unspecified atom stereocenters. The number of hydrogen-bond acceptors (Lipinski definition) is 8. The second kappa shape index (κ2) is 4.93. The highest BCUT2D eigenvalue weighted by atomic mass is 31.1. The van der Waals surface area contributed by atoms with Crippen molar-refractivity contribution in [1.29, 1.82) is 5.26 Å². The minimum Gasteiger partial charge on any atom is -0.382 e. The van der Waals surface area contributed by atoms with Gasteiger partial charge in [-0.3, -0.25) is 4.57 Å². The summed E-state index contributed by atoms with van der Waals surface area (Å²) in [5.41, 5.74) is 5.92. The van der Waals surface area contributed by atoms with Crippen LogP contribution in [0.4, 0.5) is 5.82 Å². The van der Waals surface area contributed by atoms with Gasteiger partial charge in [-0.15, -0.1) is 4.52 Å². The van der Waals surface area contributed by atoms with Crippen LogP contribution < -0.4 is 5.73 Å². The van der Waals surface area contributed by atoms with Crippen LogP contribution in [-0.4, -0.2) is 38.4 Å². The highest BCUT2D eigenvalue weighted by Crippen LogP contribution is 2.54. The molecule has 9 nitrogen and oxygen atoms in total. The smallest absolute Gasteiger partial charge is 0.382 e. The predicted molar refractivity (Wildman–Crippen MR) is 79.3 cm³/mol. The van der Waals surface area contributed by atoms with Crippen LogP contribution in [0.25, 0.3) is 11.2 Å². The van der Waals surface area contributed by atoms with Gasteiger partial charge < -0.3 is 10.5 Å². The Labute approximate surface area is 132 Å². The van der Waals surface area contributed by atoms with Gasteiger partial charge in [0.15, 0.2) is 23.9 Å². The average molecular weight is 333 g/mol. The molecular weight excluding hydrogens is 319 g/mol. The Bertz CT molecular complexity index is 848. The summed E-state index contributed by atoms with van der Waals surface area (Å²) in [6.45, 7) is 2.03. The SMILES string of the molecule is C[C@@]1(C#N)[C@@H]2C[P+](=O)OC[C@H]2O[C@H]1n1cnc2c(N)ncnc21. The molecule has 0 bridgehead atoms. The number of aromatic nitrogens is 4. The summed E-state index contributed by atoms with van der Waals surface area (Å²) >= 11 is 0. The van der Waals surface area contributed by atoms with Gasteiger partial charge in [-0.2, -0.15) is 5.26 Å². The maximum Gasteiger partial charge on any atom is 0.508 e. The molecule has 2 aliphatic heterocycles. The van der Waals surface area contributed by atoms with E-state index in [0.29, 0.717) is 17.3 Å². The van der Waals surface area contributed by atoms with E-state index in [9.17, 15) is 9.83 Å². The first kappa shape index (κ1) is 14.5.